The van der Waals surface area contributed by atoms with E-state index in [4.69, 9.17) is 0 Å². The summed E-state index contributed by atoms with van der Waals surface area (Å²) in [5.74, 6) is 0. The third kappa shape index (κ3) is 3.34. The Bertz CT molecular complexity index is 526. The highest BCUT2D eigenvalue weighted by Gasteiger charge is 2.15. The van der Waals surface area contributed by atoms with Crippen molar-refractivity contribution in [2.75, 3.05) is 20.6 Å². The minimum absolute atomic E-state index is 0. The van der Waals surface area contributed by atoms with E-state index in [2.05, 4.69) is 63.1 Å². The van der Waals surface area contributed by atoms with E-state index in [-0.39, 0.29) is 12.4 Å². The van der Waals surface area contributed by atoms with Crippen LogP contribution in [0.25, 0.3) is 10.8 Å². The minimum atomic E-state index is 0. The number of hydrogen-bond donors (Lipinski definition) is 0. The molecule has 2 heteroatoms. The van der Waals surface area contributed by atoms with E-state index in [1.807, 2.05) is 6.08 Å². The third-order valence-electron chi connectivity index (χ3n) is 3.10. The number of halogens is 1. The zero-order valence-corrected chi connectivity index (χ0v) is 11.8. The molecule has 0 radical (unpaired) electrons. The van der Waals surface area contributed by atoms with Gasteiger partial charge >= 0.3 is 0 Å². The van der Waals surface area contributed by atoms with Crippen molar-refractivity contribution in [3.05, 3.63) is 60.7 Å². The molecule has 0 N–H and O–H groups in total. The summed E-state index contributed by atoms with van der Waals surface area (Å²) in [7, 11) is 4.48. The Morgan fingerprint density at radius 3 is 2.44 bits per heavy atom. The number of rotatable bonds is 4. The molecule has 0 saturated carbocycles. The van der Waals surface area contributed by atoms with E-state index < -0.39 is 0 Å². The second kappa shape index (κ2) is 6.03. The Morgan fingerprint density at radius 2 is 1.72 bits per heavy atom. The normalized spacial score (nSPS) is 11.0. The van der Waals surface area contributed by atoms with Crippen LogP contribution >= 0.6 is 0 Å². The van der Waals surface area contributed by atoms with E-state index in [1.54, 1.807) is 0 Å². The lowest BCUT2D eigenvalue weighted by molar-refractivity contribution is -0.897. The molecule has 0 unspecified atom stereocenters. The molecule has 0 aromatic heterocycles. The van der Waals surface area contributed by atoms with Gasteiger partial charge in [0.2, 0.25) is 0 Å². The zero-order valence-electron chi connectivity index (χ0n) is 11.1. The summed E-state index contributed by atoms with van der Waals surface area (Å²) in [6.07, 6.45) is 1.99. The predicted molar refractivity (Wildman–Crippen MR) is 74.8 cm³/mol. The van der Waals surface area contributed by atoms with Gasteiger partial charge in [-0.25, -0.2) is 0 Å². The lowest BCUT2D eigenvalue weighted by atomic mass is 10.0. The third-order valence-corrected chi connectivity index (χ3v) is 3.10. The summed E-state index contributed by atoms with van der Waals surface area (Å²) in [4.78, 5) is 0. The molecular formula is C16H20ClN. The standard InChI is InChI=1S/C16H20N.ClH/c1-4-12-17(2,3)13-15-10-7-9-14-8-5-6-11-16(14)15;/h4-11H,1,12-13H2,2-3H3;1H/q+1;/p-1. The van der Waals surface area contributed by atoms with E-state index in [0.29, 0.717) is 0 Å². The van der Waals surface area contributed by atoms with Crippen molar-refractivity contribution in [1.29, 1.82) is 0 Å². The first kappa shape index (κ1) is 14.7. The van der Waals surface area contributed by atoms with Crippen LogP contribution in [0.3, 0.4) is 0 Å². The second-order valence-electron chi connectivity index (χ2n) is 5.20. The van der Waals surface area contributed by atoms with Gasteiger partial charge in [-0.05, 0) is 16.8 Å². The van der Waals surface area contributed by atoms with Gasteiger partial charge in [-0.3, -0.25) is 0 Å². The highest BCUT2D eigenvalue weighted by molar-refractivity contribution is 5.85. The highest BCUT2D eigenvalue weighted by atomic mass is 35.5. The fraction of sp³-hybridized carbons (Fsp3) is 0.250. The number of likely N-dealkylation sites (N-methyl/N-ethyl adjacent to an activating group) is 1. The fourth-order valence-corrected chi connectivity index (χ4v) is 2.31. The van der Waals surface area contributed by atoms with Crippen molar-refractivity contribution in [3.8, 4) is 0 Å². The van der Waals surface area contributed by atoms with Crippen LogP contribution in [0, 0.1) is 0 Å². The minimum Gasteiger partial charge on any atom is -1.00 e. The molecule has 0 aliphatic carbocycles. The molecule has 0 amide bonds. The van der Waals surface area contributed by atoms with Gasteiger partial charge in [0.25, 0.3) is 0 Å². The fourth-order valence-electron chi connectivity index (χ4n) is 2.31. The summed E-state index contributed by atoms with van der Waals surface area (Å²) in [6.45, 7) is 5.86. The average molecular weight is 262 g/mol. The smallest absolute Gasteiger partial charge is 0.105 e. The van der Waals surface area contributed by atoms with Crippen LogP contribution in [-0.2, 0) is 6.54 Å². The van der Waals surface area contributed by atoms with Crippen LogP contribution < -0.4 is 12.4 Å². The van der Waals surface area contributed by atoms with Crippen LogP contribution in [0.2, 0.25) is 0 Å². The number of benzene rings is 2. The topological polar surface area (TPSA) is 0 Å². The van der Waals surface area contributed by atoms with Crippen LogP contribution in [0.15, 0.2) is 55.1 Å². The van der Waals surface area contributed by atoms with Gasteiger partial charge in [0, 0.05) is 5.56 Å². The van der Waals surface area contributed by atoms with E-state index in [1.165, 1.54) is 16.3 Å². The summed E-state index contributed by atoms with van der Waals surface area (Å²) in [6, 6.07) is 15.1. The molecule has 2 rings (SSSR count). The first-order chi connectivity index (χ1) is 8.12. The Labute approximate surface area is 116 Å². The van der Waals surface area contributed by atoms with Crippen LogP contribution in [0.5, 0.6) is 0 Å². The SMILES string of the molecule is C=CC[N+](C)(C)Cc1cccc2ccccc12.[Cl-]. The number of hydrogen-bond acceptors (Lipinski definition) is 0. The first-order valence-electron chi connectivity index (χ1n) is 6.02. The predicted octanol–water partition coefficient (Wildman–Crippen LogP) is 0.606. The maximum Gasteiger partial charge on any atom is 0.105 e. The van der Waals surface area contributed by atoms with Gasteiger partial charge in [-0.1, -0.05) is 49.0 Å². The molecule has 0 bridgehead atoms. The van der Waals surface area contributed by atoms with Crippen molar-refractivity contribution in [2.24, 2.45) is 0 Å². The maximum atomic E-state index is 3.83. The van der Waals surface area contributed by atoms with E-state index in [9.17, 15) is 0 Å². The summed E-state index contributed by atoms with van der Waals surface area (Å²) < 4.78 is 0.942. The van der Waals surface area contributed by atoms with Crippen molar-refractivity contribution in [1.82, 2.24) is 0 Å². The molecular weight excluding hydrogens is 242 g/mol. The van der Waals surface area contributed by atoms with Gasteiger partial charge in [-0.2, -0.15) is 0 Å². The Kier molecular flexibility index (Phi) is 4.94. The second-order valence-corrected chi connectivity index (χ2v) is 5.20. The lowest BCUT2D eigenvalue weighted by Crippen LogP contribution is -3.00. The zero-order chi connectivity index (χ0) is 12.3. The van der Waals surface area contributed by atoms with Crippen molar-refractivity contribution < 1.29 is 16.9 Å². The van der Waals surface area contributed by atoms with Crippen LogP contribution in [0.4, 0.5) is 0 Å². The van der Waals surface area contributed by atoms with Crippen molar-refractivity contribution >= 4 is 10.8 Å². The molecule has 2 aromatic carbocycles. The van der Waals surface area contributed by atoms with Crippen molar-refractivity contribution in [2.45, 2.75) is 6.54 Å². The quantitative estimate of drug-likeness (QED) is 0.559. The van der Waals surface area contributed by atoms with Gasteiger partial charge in [0.1, 0.15) is 6.54 Å². The number of fused-ring (bicyclic) bond motifs is 1. The summed E-state index contributed by atoms with van der Waals surface area (Å²) in [5.41, 5.74) is 1.41. The van der Waals surface area contributed by atoms with Gasteiger partial charge < -0.3 is 16.9 Å². The van der Waals surface area contributed by atoms with Gasteiger partial charge in [0.05, 0.1) is 20.6 Å². The summed E-state index contributed by atoms with van der Waals surface area (Å²) in [5, 5.41) is 2.69. The molecule has 0 aliphatic heterocycles. The average Bonchev–Trinajstić information content (AvgIpc) is 2.29. The molecule has 0 aliphatic rings. The van der Waals surface area contributed by atoms with E-state index >= 15 is 0 Å². The van der Waals surface area contributed by atoms with Crippen molar-refractivity contribution in [3.63, 3.8) is 0 Å². The Hall–Kier alpha value is -1.31. The van der Waals surface area contributed by atoms with Gasteiger partial charge in [0.15, 0.2) is 0 Å². The highest BCUT2D eigenvalue weighted by Crippen LogP contribution is 2.21. The number of quaternary nitrogens is 1. The molecule has 0 atom stereocenters. The van der Waals surface area contributed by atoms with Crippen LogP contribution in [0.1, 0.15) is 5.56 Å². The number of nitrogens with zero attached hydrogens (tertiary/aromatic N) is 1. The molecule has 0 fully saturated rings. The maximum absolute atomic E-state index is 3.83. The molecule has 2 aromatic rings. The monoisotopic (exact) mass is 261 g/mol. The Morgan fingerprint density at radius 1 is 1.06 bits per heavy atom. The van der Waals surface area contributed by atoms with E-state index in [0.717, 1.165) is 17.6 Å². The first-order valence-corrected chi connectivity index (χ1v) is 6.02. The van der Waals surface area contributed by atoms with Gasteiger partial charge in [-0.15, -0.1) is 0 Å². The largest absolute Gasteiger partial charge is 1.00 e. The molecule has 0 heterocycles. The van der Waals surface area contributed by atoms with Crippen LogP contribution in [-0.4, -0.2) is 25.1 Å². The molecule has 1 nitrogen and oxygen atoms in total. The molecule has 18 heavy (non-hydrogen) atoms. The molecule has 96 valence electrons. The molecule has 0 saturated heterocycles. The Balaban J connectivity index is 0.00000162. The lowest BCUT2D eigenvalue weighted by Gasteiger charge is -2.29. The summed E-state index contributed by atoms with van der Waals surface area (Å²) >= 11 is 0. The molecule has 0 spiro atoms.